The van der Waals surface area contributed by atoms with E-state index in [9.17, 15) is 9.59 Å². The third-order valence-electron chi connectivity index (χ3n) is 5.14. The molecule has 0 saturated heterocycles. The lowest BCUT2D eigenvalue weighted by Crippen LogP contribution is -2.24. The molecule has 182 valence electrons. The zero-order valence-corrected chi connectivity index (χ0v) is 19.4. The second kappa shape index (κ2) is 11.5. The molecule has 9 nitrogen and oxygen atoms in total. The van der Waals surface area contributed by atoms with Crippen molar-refractivity contribution >= 4 is 29.0 Å². The molecule has 0 atom stereocenters. The number of methoxy groups -OCH3 is 1. The number of para-hydroxylation sites is 1. The number of carboxylic acids is 1. The van der Waals surface area contributed by atoms with Crippen LogP contribution in [0, 0.1) is 0 Å². The van der Waals surface area contributed by atoms with Crippen molar-refractivity contribution in [3.05, 3.63) is 95.7 Å². The van der Waals surface area contributed by atoms with Gasteiger partial charge in [0.15, 0.2) is 18.1 Å². The van der Waals surface area contributed by atoms with Crippen molar-refractivity contribution in [3.63, 3.8) is 0 Å². The summed E-state index contributed by atoms with van der Waals surface area (Å²) in [5, 5.41) is 13.9. The van der Waals surface area contributed by atoms with Gasteiger partial charge in [-0.25, -0.2) is 10.2 Å². The molecule has 1 heterocycles. The number of carboxylic acid groups (broad SMARTS) is 1. The third-order valence-corrected chi connectivity index (χ3v) is 5.14. The molecule has 3 aromatic carbocycles. The number of aromatic nitrogens is 1. The Balaban J connectivity index is 1.30. The van der Waals surface area contributed by atoms with Gasteiger partial charge in [-0.15, -0.1) is 0 Å². The summed E-state index contributed by atoms with van der Waals surface area (Å²) in [5.74, 6) is 0.120. The van der Waals surface area contributed by atoms with E-state index in [1.165, 1.54) is 25.5 Å². The van der Waals surface area contributed by atoms with Crippen molar-refractivity contribution in [1.82, 2.24) is 10.4 Å². The minimum atomic E-state index is -0.979. The molecule has 4 rings (SSSR count). The topological polar surface area (TPSA) is 119 Å². The highest BCUT2D eigenvalue weighted by molar-refractivity contribution is 5.87. The Morgan fingerprint density at radius 1 is 0.972 bits per heavy atom. The van der Waals surface area contributed by atoms with Crippen molar-refractivity contribution in [2.75, 3.05) is 13.7 Å². The van der Waals surface area contributed by atoms with E-state index in [-0.39, 0.29) is 18.8 Å². The normalized spacial score (nSPS) is 10.8. The first-order valence-electron chi connectivity index (χ1n) is 10.9. The number of benzene rings is 3. The van der Waals surface area contributed by atoms with Crippen LogP contribution in [0.5, 0.6) is 17.2 Å². The summed E-state index contributed by atoms with van der Waals surface area (Å²) in [6.07, 6.45) is 3.15. The molecule has 0 aliphatic heterocycles. The number of nitrogens with zero attached hydrogens (tertiary/aromatic N) is 2. The molecule has 0 bridgehead atoms. The van der Waals surface area contributed by atoms with Crippen molar-refractivity contribution in [2.45, 2.75) is 6.61 Å². The molecule has 0 spiro atoms. The number of carbonyl (C=O) groups is 2. The van der Waals surface area contributed by atoms with Crippen molar-refractivity contribution in [2.24, 2.45) is 5.10 Å². The molecular weight excluding hydrogens is 462 g/mol. The van der Waals surface area contributed by atoms with Gasteiger partial charge in [0.05, 0.1) is 18.9 Å². The maximum atomic E-state index is 12.2. The molecule has 1 aromatic heterocycles. The fraction of sp³-hybridized carbons (Fsp3) is 0.111. The minimum absolute atomic E-state index is 0.212. The molecule has 0 aliphatic carbocycles. The fourth-order valence-corrected chi connectivity index (χ4v) is 3.34. The third kappa shape index (κ3) is 6.15. The summed E-state index contributed by atoms with van der Waals surface area (Å²) in [4.78, 5) is 27.4. The number of hydrazone groups is 1. The Labute approximate surface area is 207 Å². The lowest BCUT2D eigenvalue weighted by atomic mass is 10.1. The van der Waals surface area contributed by atoms with E-state index in [1.807, 2.05) is 24.3 Å². The lowest BCUT2D eigenvalue weighted by Gasteiger charge is -2.11. The summed E-state index contributed by atoms with van der Waals surface area (Å²) in [5.41, 5.74) is 4.83. The van der Waals surface area contributed by atoms with Gasteiger partial charge in [-0.3, -0.25) is 9.78 Å². The van der Waals surface area contributed by atoms with Crippen molar-refractivity contribution < 1.29 is 28.9 Å². The van der Waals surface area contributed by atoms with E-state index in [4.69, 9.17) is 19.3 Å². The fourth-order valence-electron chi connectivity index (χ4n) is 3.34. The van der Waals surface area contributed by atoms with Crippen LogP contribution in [0.1, 0.15) is 21.5 Å². The number of rotatable bonds is 10. The maximum Gasteiger partial charge on any atom is 0.335 e. The molecule has 0 unspecified atom stereocenters. The number of nitrogens with one attached hydrogen (secondary N) is 1. The maximum absolute atomic E-state index is 12.2. The number of ether oxygens (including phenoxy) is 3. The van der Waals surface area contributed by atoms with Gasteiger partial charge in [0.1, 0.15) is 17.9 Å². The quantitative estimate of drug-likeness (QED) is 0.257. The SMILES string of the molecule is COc1cc(/C=N\NC(=O)COc2cccc3cccnc23)ccc1OCc1ccc(C(=O)O)cc1. The highest BCUT2D eigenvalue weighted by Crippen LogP contribution is 2.28. The first kappa shape index (κ1) is 24.2. The molecule has 0 saturated carbocycles. The van der Waals surface area contributed by atoms with Gasteiger partial charge in [-0.1, -0.05) is 30.3 Å². The monoisotopic (exact) mass is 485 g/mol. The van der Waals surface area contributed by atoms with E-state index in [1.54, 1.807) is 42.6 Å². The van der Waals surface area contributed by atoms with Crippen molar-refractivity contribution in [3.8, 4) is 17.2 Å². The standard InChI is InChI=1S/C27H23N3O6/c1-34-24-14-19(9-12-22(24)35-16-18-7-10-21(11-8-18)27(32)33)15-29-30-25(31)17-36-23-6-2-4-20-5-3-13-28-26(20)23/h2-15H,16-17H2,1H3,(H,30,31)(H,32,33)/b29-15-. The van der Waals surface area contributed by atoms with Crippen LogP contribution in [0.2, 0.25) is 0 Å². The van der Waals surface area contributed by atoms with Crippen LogP contribution in [-0.4, -0.2) is 41.9 Å². The number of aromatic carboxylic acids is 1. The summed E-state index contributed by atoms with van der Waals surface area (Å²) in [6, 6.07) is 20.9. The first-order valence-corrected chi connectivity index (χ1v) is 10.9. The molecule has 1 amide bonds. The highest BCUT2D eigenvalue weighted by Gasteiger charge is 2.08. The molecule has 0 fully saturated rings. The van der Waals surface area contributed by atoms with E-state index in [0.717, 1.165) is 10.9 Å². The van der Waals surface area contributed by atoms with Crippen LogP contribution < -0.4 is 19.6 Å². The van der Waals surface area contributed by atoms with Crippen LogP contribution in [0.25, 0.3) is 10.9 Å². The molecule has 0 radical (unpaired) electrons. The summed E-state index contributed by atoms with van der Waals surface area (Å²) >= 11 is 0. The number of pyridine rings is 1. The van der Waals surface area contributed by atoms with Crippen LogP contribution in [-0.2, 0) is 11.4 Å². The average molecular weight is 485 g/mol. The van der Waals surface area contributed by atoms with E-state index in [0.29, 0.717) is 28.3 Å². The lowest BCUT2D eigenvalue weighted by molar-refractivity contribution is -0.123. The number of carbonyl (C=O) groups excluding carboxylic acids is 1. The van der Waals surface area contributed by atoms with Gasteiger partial charge in [0.2, 0.25) is 0 Å². The van der Waals surface area contributed by atoms with Crippen LogP contribution in [0.15, 0.2) is 84.1 Å². The average Bonchev–Trinajstić information content (AvgIpc) is 2.91. The van der Waals surface area contributed by atoms with E-state index in [2.05, 4.69) is 15.5 Å². The Kier molecular flexibility index (Phi) is 7.72. The molecular formula is C27H23N3O6. The Morgan fingerprint density at radius 2 is 1.78 bits per heavy atom. The highest BCUT2D eigenvalue weighted by atomic mass is 16.5. The number of hydrogen-bond donors (Lipinski definition) is 2. The van der Waals surface area contributed by atoms with Gasteiger partial charge in [-0.05, 0) is 53.6 Å². The molecule has 36 heavy (non-hydrogen) atoms. The van der Waals surface area contributed by atoms with Gasteiger partial charge in [-0.2, -0.15) is 5.10 Å². The number of hydrogen-bond acceptors (Lipinski definition) is 7. The largest absolute Gasteiger partial charge is 0.493 e. The van der Waals surface area contributed by atoms with Crippen LogP contribution in [0.3, 0.4) is 0 Å². The predicted molar refractivity (Wildman–Crippen MR) is 134 cm³/mol. The minimum Gasteiger partial charge on any atom is -0.493 e. The zero-order chi connectivity index (χ0) is 25.3. The van der Waals surface area contributed by atoms with Gasteiger partial charge in [0, 0.05) is 11.6 Å². The van der Waals surface area contributed by atoms with E-state index < -0.39 is 11.9 Å². The second-order valence-electron chi connectivity index (χ2n) is 7.61. The molecule has 0 aliphatic rings. The van der Waals surface area contributed by atoms with Crippen LogP contribution >= 0.6 is 0 Å². The van der Waals surface area contributed by atoms with Gasteiger partial charge in [0.25, 0.3) is 5.91 Å². The Hall–Kier alpha value is -4.92. The Bertz CT molecular complexity index is 1400. The predicted octanol–water partition coefficient (Wildman–Crippen LogP) is 4.05. The summed E-state index contributed by atoms with van der Waals surface area (Å²) in [7, 11) is 1.52. The Morgan fingerprint density at radius 3 is 2.56 bits per heavy atom. The second-order valence-corrected chi connectivity index (χ2v) is 7.61. The van der Waals surface area contributed by atoms with Gasteiger partial charge >= 0.3 is 5.97 Å². The van der Waals surface area contributed by atoms with Crippen LogP contribution in [0.4, 0.5) is 0 Å². The number of fused-ring (bicyclic) bond motifs is 1. The van der Waals surface area contributed by atoms with E-state index >= 15 is 0 Å². The van der Waals surface area contributed by atoms with Crippen molar-refractivity contribution in [1.29, 1.82) is 0 Å². The van der Waals surface area contributed by atoms with Gasteiger partial charge < -0.3 is 19.3 Å². The summed E-state index contributed by atoms with van der Waals surface area (Å²) in [6.45, 7) is 0.0303. The molecule has 4 aromatic rings. The molecule has 9 heteroatoms. The number of amides is 1. The molecule has 2 N–H and O–H groups in total. The first-order chi connectivity index (χ1) is 17.5. The smallest absolute Gasteiger partial charge is 0.335 e. The zero-order valence-electron chi connectivity index (χ0n) is 19.4. The summed E-state index contributed by atoms with van der Waals surface area (Å²) < 4.78 is 16.8.